The molecule has 19 heavy (non-hydrogen) atoms. The van der Waals surface area contributed by atoms with E-state index in [0.717, 1.165) is 4.90 Å². The number of rotatable bonds is 5. The minimum Gasteiger partial charge on any atom is -0.346 e. The predicted molar refractivity (Wildman–Crippen MR) is 70.6 cm³/mol. The number of pyridine rings is 1. The third-order valence-electron chi connectivity index (χ3n) is 2.21. The number of halogens is 5. The van der Waals surface area contributed by atoms with E-state index in [9.17, 15) is 13.2 Å². The van der Waals surface area contributed by atoms with Gasteiger partial charge in [-0.2, -0.15) is 13.2 Å². The molecule has 0 unspecified atom stereocenters. The molecule has 0 aromatic carbocycles. The number of alkyl halides is 3. The van der Waals surface area contributed by atoms with Gasteiger partial charge in [0.1, 0.15) is 12.4 Å². The maximum atomic E-state index is 12.5. The van der Waals surface area contributed by atoms with Gasteiger partial charge in [0.15, 0.2) is 5.82 Å². The first-order chi connectivity index (χ1) is 8.78. The average Bonchev–Trinajstić information content (AvgIpc) is 2.27. The summed E-state index contributed by atoms with van der Waals surface area (Å²) in [6, 6.07) is 1.31. The predicted octanol–water partition coefficient (Wildman–Crippen LogP) is 3.45. The van der Waals surface area contributed by atoms with Gasteiger partial charge in [0.25, 0.3) is 0 Å². The zero-order valence-corrected chi connectivity index (χ0v) is 11.6. The van der Waals surface area contributed by atoms with Crippen molar-refractivity contribution < 1.29 is 13.2 Å². The number of nitrogens with two attached hydrogens (primary N) is 1. The van der Waals surface area contributed by atoms with Crippen molar-refractivity contribution >= 4 is 34.8 Å². The average molecular weight is 317 g/mol. The molecular formula is C10H13Cl2F3N4. The molecule has 0 radical (unpaired) electrons. The topological polar surface area (TPSA) is 54.2 Å². The molecule has 3 N–H and O–H groups in total. The molecule has 0 amide bonds. The number of anilines is 2. The van der Waals surface area contributed by atoms with Gasteiger partial charge in [0.2, 0.25) is 0 Å². The Morgan fingerprint density at radius 3 is 2.47 bits per heavy atom. The van der Waals surface area contributed by atoms with Crippen LogP contribution in [0.25, 0.3) is 0 Å². The van der Waals surface area contributed by atoms with Gasteiger partial charge in [-0.1, -0.05) is 30.1 Å². The lowest BCUT2D eigenvalue weighted by Gasteiger charge is -2.25. The fraction of sp³-hybridized carbons (Fsp3) is 0.500. The fourth-order valence-electron chi connectivity index (χ4n) is 1.53. The molecule has 0 atom stereocenters. The van der Waals surface area contributed by atoms with Crippen molar-refractivity contribution in [2.24, 2.45) is 5.84 Å². The van der Waals surface area contributed by atoms with Gasteiger partial charge in [0, 0.05) is 6.54 Å². The molecule has 0 fully saturated rings. The first kappa shape index (κ1) is 16.1. The Hall–Kier alpha value is -0.920. The summed E-state index contributed by atoms with van der Waals surface area (Å²) in [5.74, 6) is 5.26. The highest BCUT2D eigenvalue weighted by Gasteiger charge is 2.32. The first-order valence-electron chi connectivity index (χ1n) is 5.42. The van der Waals surface area contributed by atoms with Crippen molar-refractivity contribution in [1.82, 2.24) is 4.98 Å². The second-order valence-corrected chi connectivity index (χ2v) is 4.62. The number of nitrogens with one attached hydrogen (secondary N) is 1. The van der Waals surface area contributed by atoms with Crippen LogP contribution in [0.3, 0.4) is 0 Å². The lowest BCUT2D eigenvalue weighted by Crippen LogP contribution is -2.35. The number of aromatic nitrogens is 1. The van der Waals surface area contributed by atoms with Crippen LogP contribution in [0.5, 0.6) is 0 Å². The van der Waals surface area contributed by atoms with Crippen molar-refractivity contribution in [2.45, 2.75) is 19.5 Å². The van der Waals surface area contributed by atoms with Gasteiger partial charge in [0.05, 0.1) is 10.0 Å². The zero-order chi connectivity index (χ0) is 14.6. The Labute approximate surface area is 118 Å². The normalized spacial score (nSPS) is 11.5. The van der Waals surface area contributed by atoms with E-state index in [1.807, 2.05) is 0 Å². The van der Waals surface area contributed by atoms with Gasteiger partial charge in [-0.15, -0.1) is 0 Å². The largest absolute Gasteiger partial charge is 0.405 e. The molecule has 0 bridgehead atoms. The molecule has 0 aliphatic heterocycles. The van der Waals surface area contributed by atoms with Gasteiger partial charge in [-0.3, -0.25) is 0 Å². The van der Waals surface area contributed by atoms with Crippen molar-refractivity contribution in [1.29, 1.82) is 0 Å². The molecule has 1 rings (SSSR count). The molecule has 0 saturated heterocycles. The van der Waals surface area contributed by atoms with Crippen LogP contribution >= 0.6 is 23.2 Å². The summed E-state index contributed by atoms with van der Waals surface area (Å²) in [5.41, 5.74) is 2.21. The van der Waals surface area contributed by atoms with E-state index in [1.54, 1.807) is 6.92 Å². The SMILES string of the molecule is CCCN(CC(F)(F)F)c1nc(NN)c(Cl)cc1Cl. The minimum atomic E-state index is -4.35. The molecule has 108 valence electrons. The molecule has 9 heteroatoms. The van der Waals surface area contributed by atoms with Crippen molar-refractivity contribution in [3.63, 3.8) is 0 Å². The molecule has 1 aromatic heterocycles. The number of hydrogen-bond acceptors (Lipinski definition) is 4. The van der Waals surface area contributed by atoms with E-state index in [4.69, 9.17) is 29.0 Å². The van der Waals surface area contributed by atoms with E-state index in [-0.39, 0.29) is 28.2 Å². The van der Waals surface area contributed by atoms with Crippen LogP contribution in [0.4, 0.5) is 24.8 Å². The fourth-order valence-corrected chi connectivity index (χ4v) is 2.06. The van der Waals surface area contributed by atoms with Crippen LogP contribution in [0.2, 0.25) is 10.0 Å². The Kier molecular flexibility index (Phi) is 5.51. The Balaban J connectivity index is 3.14. The summed E-state index contributed by atoms with van der Waals surface area (Å²) in [6.45, 7) is 0.784. The van der Waals surface area contributed by atoms with Gasteiger partial charge >= 0.3 is 6.18 Å². The zero-order valence-electron chi connectivity index (χ0n) is 10.1. The van der Waals surface area contributed by atoms with E-state index in [1.165, 1.54) is 6.07 Å². The van der Waals surface area contributed by atoms with E-state index < -0.39 is 12.7 Å². The van der Waals surface area contributed by atoms with Crippen molar-refractivity contribution in [3.05, 3.63) is 16.1 Å². The number of hydrogen-bond donors (Lipinski definition) is 2. The molecule has 0 aliphatic rings. The summed E-state index contributed by atoms with van der Waals surface area (Å²) in [5, 5.41) is 0.182. The minimum absolute atomic E-state index is 0.00167. The molecule has 0 saturated carbocycles. The molecule has 0 aliphatic carbocycles. The van der Waals surface area contributed by atoms with Crippen molar-refractivity contribution in [2.75, 3.05) is 23.4 Å². The Morgan fingerprint density at radius 2 is 2.00 bits per heavy atom. The number of hydrazine groups is 1. The van der Waals surface area contributed by atoms with Crippen molar-refractivity contribution in [3.8, 4) is 0 Å². The molecular weight excluding hydrogens is 304 g/mol. The Morgan fingerprint density at radius 1 is 1.37 bits per heavy atom. The highest BCUT2D eigenvalue weighted by atomic mass is 35.5. The van der Waals surface area contributed by atoms with Crippen LogP contribution in [0.1, 0.15) is 13.3 Å². The Bertz CT molecular complexity index is 440. The quantitative estimate of drug-likeness (QED) is 0.645. The highest BCUT2D eigenvalue weighted by Crippen LogP contribution is 2.32. The lowest BCUT2D eigenvalue weighted by atomic mass is 10.3. The lowest BCUT2D eigenvalue weighted by molar-refractivity contribution is -0.119. The maximum Gasteiger partial charge on any atom is 0.405 e. The summed E-state index contributed by atoms with van der Waals surface area (Å²) in [4.78, 5) is 4.96. The molecule has 4 nitrogen and oxygen atoms in total. The van der Waals surface area contributed by atoms with Crippen LogP contribution in [0, 0.1) is 0 Å². The standard InChI is InChI=1S/C10H13Cl2F3N4/c1-2-3-19(5-10(13,14)15)9-7(12)4-6(11)8(17-9)18-16/h4H,2-3,5,16H2,1H3,(H,17,18). The third kappa shape index (κ3) is 4.59. The first-order valence-corrected chi connectivity index (χ1v) is 6.18. The summed E-state index contributed by atoms with van der Waals surface area (Å²) >= 11 is 11.7. The molecule has 1 heterocycles. The number of nitrogen functional groups attached to an aromatic ring is 1. The van der Waals surface area contributed by atoms with E-state index in [0.29, 0.717) is 6.42 Å². The third-order valence-corrected chi connectivity index (χ3v) is 2.78. The van der Waals surface area contributed by atoms with Gasteiger partial charge in [-0.25, -0.2) is 10.8 Å². The molecule has 0 spiro atoms. The van der Waals surface area contributed by atoms with Crippen LogP contribution in [0.15, 0.2) is 6.07 Å². The number of nitrogens with zero attached hydrogens (tertiary/aromatic N) is 2. The second kappa shape index (κ2) is 6.49. The smallest absolute Gasteiger partial charge is 0.346 e. The van der Waals surface area contributed by atoms with Gasteiger partial charge < -0.3 is 10.3 Å². The van der Waals surface area contributed by atoms with Crippen LogP contribution in [-0.4, -0.2) is 24.2 Å². The van der Waals surface area contributed by atoms with Gasteiger partial charge in [-0.05, 0) is 12.5 Å². The van der Waals surface area contributed by atoms with E-state index in [2.05, 4.69) is 10.4 Å². The summed E-state index contributed by atoms with van der Waals surface area (Å²) in [6.07, 6.45) is -3.84. The monoisotopic (exact) mass is 316 g/mol. The molecule has 1 aromatic rings. The van der Waals surface area contributed by atoms with Crippen LogP contribution < -0.4 is 16.2 Å². The summed E-state index contributed by atoms with van der Waals surface area (Å²) < 4.78 is 37.6. The van der Waals surface area contributed by atoms with Crippen LogP contribution in [-0.2, 0) is 0 Å². The highest BCUT2D eigenvalue weighted by molar-refractivity contribution is 6.37. The maximum absolute atomic E-state index is 12.5. The second-order valence-electron chi connectivity index (χ2n) is 3.81. The summed E-state index contributed by atoms with van der Waals surface area (Å²) in [7, 11) is 0. The van der Waals surface area contributed by atoms with E-state index >= 15 is 0 Å².